The van der Waals surface area contributed by atoms with Crippen molar-refractivity contribution in [3.05, 3.63) is 28.2 Å². The van der Waals surface area contributed by atoms with Crippen molar-refractivity contribution >= 4 is 38.9 Å². The summed E-state index contributed by atoms with van der Waals surface area (Å²) in [5.74, 6) is -0.965. The summed E-state index contributed by atoms with van der Waals surface area (Å²) in [5.41, 5.74) is 1.42. The highest BCUT2D eigenvalue weighted by Gasteiger charge is 2.35. The molecule has 0 saturated heterocycles. The lowest BCUT2D eigenvalue weighted by Crippen LogP contribution is -2.38. The van der Waals surface area contributed by atoms with Crippen LogP contribution in [0, 0.1) is 0 Å². The van der Waals surface area contributed by atoms with Crippen molar-refractivity contribution in [1.82, 2.24) is 5.48 Å². The average molecular weight is 368 g/mol. The second-order valence-electron chi connectivity index (χ2n) is 4.93. The van der Waals surface area contributed by atoms with Crippen molar-refractivity contribution in [1.29, 1.82) is 0 Å². The summed E-state index contributed by atoms with van der Waals surface area (Å²) in [6, 6.07) is 4.04. The summed E-state index contributed by atoms with van der Waals surface area (Å²) in [7, 11) is -4.04. The number of benzene rings is 1. The lowest BCUT2D eigenvalue weighted by Gasteiger charge is -2.17. The minimum absolute atomic E-state index is 0.00584. The zero-order chi connectivity index (χ0) is 16.8. The molecule has 0 spiro atoms. The van der Waals surface area contributed by atoms with Crippen LogP contribution in [0.1, 0.15) is 39.0 Å². The van der Waals surface area contributed by atoms with Crippen molar-refractivity contribution in [2.75, 3.05) is 0 Å². The Kier molecular flexibility index (Phi) is 7.62. The molecule has 1 aromatic rings. The van der Waals surface area contributed by atoms with Gasteiger partial charge < -0.3 is 0 Å². The third-order valence-corrected chi connectivity index (χ3v) is 6.12. The highest BCUT2D eigenvalue weighted by Crippen LogP contribution is 2.29. The van der Waals surface area contributed by atoms with Gasteiger partial charge in [-0.2, -0.15) is 0 Å². The SMILES string of the molecule is CCCCCCC(C(=O)NO)S(=O)(=O)c1cc(Cl)ccc1Cl. The van der Waals surface area contributed by atoms with E-state index in [0.29, 0.717) is 6.42 Å². The second kappa shape index (κ2) is 8.72. The van der Waals surface area contributed by atoms with E-state index in [-0.39, 0.29) is 21.4 Å². The molecule has 0 aliphatic rings. The summed E-state index contributed by atoms with van der Waals surface area (Å²) in [4.78, 5) is 11.6. The first-order valence-corrected chi connectivity index (χ1v) is 9.27. The van der Waals surface area contributed by atoms with Crippen LogP contribution < -0.4 is 5.48 Å². The van der Waals surface area contributed by atoms with Gasteiger partial charge in [-0.25, -0.2) is 13.9 Å². The van der Waals surface area contributed by atoms with Crippen LogP contribution in [0.4, 0.5) is 0 Å². The van der Waals surface area contributed by atoms with Crippen LogP contribution in [-0.2, 0) is 14.6 Å². The van der Waals surface area contributed by atoms with E-state index in [1.54, 1.807) is 0 Å². The molecule has 0 aliphatic heterocycles. The largest absolute Gasteiger partial charge is 0.289 e. The molecule has 1 unspecified atom stereocenters. The summed E-state index contributed by atoms with van der Waals surface area (Å²) in [5, 5.41) is 7.62. The summed E-state index contributed by atoms with van der Waals surface area (Å²) in [6.07, 6.45) is 3.42. The van der Waals surface area contributed by atoms with Gasteiger partial charge in [-0.15, -0.1) is 0 Å². The Labute approximate surface area is 140 Å². The molecule has 1 rings (SSSR count). The van der Waals surface area contributed by atoms with Gasteiger partial charge in [0.05, 0.1) is 9.92 Å². The molecular weight excluding hydrogens is 349 g/mol. The highest BCUT2D eigenvalue weighted by atomic mass is 35.5. The predicted octanol–water partition coefficient (Wildman–Crippen LogP) is 3.61. The molecule has 22 heavy (non-hydrogen) atoms. The number of hydrogen-bond donors (Lipinski definition) is 2. The normalized spacial score (nSPS) is 12.9. The molecule has 2 N–H and O–H groups in total. The summed E-state index contributed by atoms with van der Waals surface area (Å²) < 4.78 is 25.3. The minimum atomic E-state index is -4.04. The fourth-order valence-corrected chi connectivity index (χ4v) is 4.53. The first-order chi connectivity index (χ1) is 10.3. The Morgan fingerprint density at radius 2 is 1.95 bits per heavy atom. The van der Waals surface area contributed by atoms with Crippen molar-refractivity contribution in [2.45, 2.75) is 49.2 Å². The fraction of sp³-hybridized carbons (Fsp3) is 0.500. The van der Waals surface area contributed by atoms with E-state index in [0.717, 1.165) is 19.3 Å². The Bertz CT molecular complexity index is 619. The number of nitrogens with one attached hydrogen (secondary N) is 1. The standard InChI is InChI=1S/C14H19Cl2NO4S/c1-2-3-4-5-6-12(14(18)17-19)22(20,21)13-9-10(15)7-8-11(13)16/h7-9,12,19H,2-6H2,1H3,(H,17,18). The number of unbranched alkanes of at least 4 members (excludes halogenated alkanes) is 3. The molecule has 0 bridgehead atoms. The maximum Gasteiger partial charge on any atom is 0.262 e. The Morgan fingerprint density at radius 3 is 2.55 bits per heavy atom. The molecule has 0 aromatic heterocycles. The third kappa shape index (κ3) is 4.84. The Hall–Kier alpha value is -0.820. The van der Waals surface area contributed by atoms with Crippen LogP contribution in [0.3, 0.4) is 0 Å². The monoisotopic (exact) mass is 367 g/mol. The highest BCUT2D eigenvalue weighted by molar-refractivity contribution is 7.93. The lowest BCUT2D eigenvalue weighted by molar-refractivity contribution is -0.128. The molecule has 8 heteroatoms. The molecule has 1 amide bonds. The number of rotatable bonds is 8. The lowest BCUT2D eigenvalue weighted by atomic mass is 10.1. The summed E-state index contributed by atoms with van der Waals surface area (Å²) >= 11 is 11.7. The molecule has 0 fully saturated rings. The number of hydrogen-bond acceptors (Lipinski definition) is 4. The molecule has 1 atom stereocenters. The number of amides is 1. The molecule has 0 heterocycles. The van der Waals surface area contributed by atoms with E-state index in [1.807, 2.05) is 6.92 Å². The number of halogens is 2. The van der Waals surface area contributed by atoms with Gasteiger partial charge in [0.1, 0.15) is 5.25 Å². The quantitative estimate of drug-likeness (QED) is 0.417. The topological polar surface area (TPSA) is 83.5 Å². The zero-order valence-electron chi connectivity index (χ0n) is 12.2. The number of hydroxylamine groups is 1. The van der Waals surface area contributed by atoms with E-state index in [9.17, 15) is 13.2 Å². The van der Waals surface area contributed by atoms with Gasteiger partial charge in [0.25, 0.3) is 5.91 Å². The van der Waals surface area contributed by atoms with Gasteiger partial charge in [-0.05, 0) is 24.6 Å². The van der Waals surface area contributed by atoms with E-state index in [2.05, 4.69) is 0 Å². The second-order valence-corrected chi connectivity index (χ2v) is 7.88. The minimum Gasteiger partial charge on any atom is -0.289 e. The van der Waals surface area contributed by atoms with Gasteiger partial charge in [0.15, 0.2) is 9.84 Å². The first kappa shape index (κ1) is 19.2. The van der Waals surface area contributed by atoms with Crippen LogP contribution in [0.15, 0.2) is 23.1 Å². The number of carbonyl (C=O) groups is 1. The van der Waals surface area contributed by atoms with E-state index >= 15 is 0 Å². The van der Waals surface area contributed by atoms with Crippen molar-refractivity contribution in [3.63, 3.8) is 0 Å². The summed E-state index contributed by atoms with van der Waals surface area (Å²) in [6.45, 7) is 2.03. The molecule has 0 aliphatic carbocycles. The number of carbonyl (C=O) groups excluding carboxylic acids is 1. The van der Waals surface area contributed by atoms with Crippen molar-refractivity contribution in [3.8, 4) is 0 Å². The van der Waals surface area contributed by atoms with Crippen LogP contribution in [0.5, 0.6) is 0 Å². The van der Waals surface area contributed by atoms with Gasteiger partial charge >= 0.3 is 0 Å². The van der Waals surface area contributed by atoms with Crippen molar-refractivity contribution < 1.29 is 18.4 Å². The van der Waals surface area contributed by atoms with Crippen LogP contribution in [0.2, 0.25) is 10.0 Å². The predicted molar refractivity (Wildman–Crippen MR) is 86.1 cm³/mol. The molecule has 0 saturated carbocycles. The van der Waals surface area contributed by atoms with Crippen molar-refractivity contribution in [2.24, 2.45) is 0 Å². The Morgan fingerprint density at radius 1 is 1.27 bits per heavy atom. The van der Waals surface area contributed by atoms with Gasteiger partial charge in [-0.3, -0.25) is 10.0 Å². The molecule has 0 radical (unpaired) electrons. The Balaban J connectivity index is 3.10. The fourth-order valence-electron chi connectivity index (χ4n) is 2.10. The smallest absolute Gasteiger partial charge is 0.262 e. The van der Waals surface area contributed by atoms with Gasteiger partial charge in [-0.1, -0.05) is 55.8 Å². The van der Waals surface area contributed by atoms with E-state index < -0.39 is 21.0 Å². The maximum atomic E-state index is 12.7. The molecule has 124 valence electrons. The van der Waals surface area contributed by atoms with Crippen LogP contribution in [-0.4, -0.2) is 24.8 Å². The average Bonchev–Trinajstić information content (AvgIpc) is 2.48. The molecule has 5 nitrogen and oxygen atoms in total. The molecular formula is C14H19Cl2NO4S. The zero-order valence-corrected chi connectivity index (χ0v) is 14.5. The van der Waals surface area contributed by atoms with Gasteiger partial charge in [0.2, 0.25) is 0 Å². The van der Waals surface area contributed by atoms with E-state index in [1.165, 1.54) is 23.7 Å². The third-order valence-electron chi connectivity index (χ3n) is 3.30. The maximum absolute atomic E-state index is 12.7. The van der Waals surface area contributed by atoms with Crippen LogP contribution >= 0.6 is 23.2 Å². The molecule has 1 aromatic carbocycles. The van der Waals surface area contributed by atoms with Crippen LogP contribution in [0.25, 0.3) is 0 Å². The number of sulfone groups is 1. The first-order valence-electron chi connectivity index (χ1n) is 6.97. The van der Waals surface area contributed by atoms with Gasteiger partial charge in [0, 0.05) is 5.02 Å². The van der Waals surface area contributed by atoms with E-state index in [4.69, 9.17) is 28.4 Å².